The van der Waals surface area contributed by atoms with E-state index in [0.29, 0.717) is 10.0 Å². The first-order valence-corrected chi connectivity index (χ1v) is 12.3. The second-order valence-electron chi connectivity index (χ2n) is 6.94. The molecule has 0 aromatic heterocycles. The van der Waals surface area contributed by atoms with Crippen molar-refractivity contribution in [2.75, 3.05) is 11.9 Å². The lowest BCUT2D eigenvalue weighted by Gasteiger charge is -2.33. The molecular weight excluding hydrogens is 499 g/mol. The third kappa shape index (κ3) is 5.52. The normalized spacial score (nSPS) is 15.4. The molecule has 1 aliphatic rings. The van der Waals surface area contributed by atoms with Crippen LogP contribution in [0.5, 0.6) is 0 Å². The lowest BCUT2D eigenvalue weighted by molar-refractivity contribution is -0.116. The Hall–Kier alpha value is -1.12. The number of sulfonamides is 1. The molecule has 0 unspecified atom stereocenters. The van der Waals surface area contributed by atoms with E-state index in [0.717, 1.165) is 36.6 Å². The second kappa shape index (κ2) is 9.79. The van der Waals surface area contributed by atoms with Gasteiger partial charge < -0.3 is 5.32 Å². The smallest absolute Gasteiger partial charge is 0.243 e. The maximum absolute atomic E-state index is 13.3. The van der Waals surface area contributed by atoms with E-state index in [2.05, 4.69) is 21.2 Å². The van der Waals surface area contributed by atoms with E-state index in [1.54, 1.807) is 30.3 Å². The average molecular weight is 520 g/mol. The van der Waals surface area contributed by atoms with Crippen molar-refractivity contribution >= 4 is 60.7 Å². The second-order valence-corrected chi connectivity index (χ2v) is 10.6. The molecule has 1 N–H and O–H groups in total. The van der Waals surface area contributed by atoms with Gasteiger partial charge in [-0.1, -0.05) is 64.5 Å². The Morgan fingerprint density at radius 2 is 1.62 bits per heavy atom. The van der Waals surface area contributed by atoms with E-state index in [1.165, 1.54) is 16.4 Å². The topological polar surface area (TPSA) is 66.5 Å². The number of amides is 1. The molecule has 3 rings (SSSR count). The van der Waals surface area contributed by atoms with Crippen molar-refractivity contribution in [1.82, 2.24) is 4.31 Å². The minimum atomic E-state index is -3.84. The number of nitrogens with one attached hydrogen (secondary N) is 1. The van der Waals surface area contributed by atoms with Gasteiger partial charge in [0.05, 0.1) is 27.2 Å². The van der Waals surface area contributed by atoms with Crippen LogP contribution in [0.15, 0.2) is 51.8 Å². The van der Waals surface area contributed by atoms with Crippen LogP contribution >= 0.6 is 39.1 Å². The molecule has 0 bridgehead atoms. The number of benzene rings is 2. The van der Waals surface area contributed by atoms with E-state index in [-0.39, 0.29) is 23.2 Å². The van der Waals surface area contributed by atoms with E-state index in [1.807, 2.05) is 0 Å². The van der Waals surface area contributed by atoms with Gasteiger partial charge in [0.2, 0.25) is 15.9 Å². The van der Waals surface area contributed by atoms with Crippen LogP contribution in [-0.4, -0.2) is 31.2 Å². The van der Waals surface area contributed by atoms with Crippen LogP contribution in [0, 0.1) is 0 Å². The van der Waals surface area contributed by atoms with Gasteiger partial charge >= 0.3 is 0 Å². The Morgan fingerprint density at radius 3 is 2.21 bits per heavy atom. The molecule has 0 heterocycles. The largest absolute Gasteiger partial charge is 0.322 e. The van der Waals surface area contributed by atoms with Crippen LogP contribution in [0.2, 0.25) is 10.0 Å². The van der Waals surface area contributed by atoms with Gasteiger partial charge in [0.25, 0.3) is 0 Å². The average Bonchev–Trinajstić information content (AvgIpc) is 2.70. The minimum Gasteiger partial charge on any atom is -0.322 e. The summed E-state index contributed by atoms with van der Waals surface area (Å²) in [6.07, 6.45) is 4.42. The number of carbonyl (C=O) groups is 1. The summed E-state index contributed by atoms with van der Waals surface area (Å²) in [5.41, 5.74) is 0.283. The highest BCUT2D eigenvalue weighted by Gasteiger charge is 2.34. The number of carbonyl (C=O) groups excluding carboxylic acids is 1. The molecule has 2 aromatic carbocycles. The lowest BCUT2D eigenvalue weighted by atomic mass is 9.95. The molecule has 9 heteroatoms. The van der Waals surface area contributed by atoms with Crippen molar-refractivity contribution in [3.63, 3.8) is 0 Å². The Labute approximate surface area is 189 Å². The van der Waals surface area contributed by atoms with Gasteiger partial charge in [-0.2, -0.15) is 4.31 Å². The van der Waals surface area contributed by atoms with Crippen LogP contribution < -0.4 is 5.32 Å². The number of para-hydroxylation sites is 1. The van der Waals surface area contributed by atoms with Gasteiger partial charge in [-0.25, -0.2) is 8.42 Å². The highest BCUT2D eigenvalue weighted by molar-refractivity contribution is 9.10. The van der Waals surface area contributed by atoms with Gasteiger partial charge in [0.1, 0.15) is 0 Å². The zero-order valence-corrected chi connectivity index (χ0v) is 19.5. The van der Waals surface area contributed by atoms with Crippen LogP contribution in [0.4, 0.5) is 5.69 Å². The van der Waals surface area contributed by atoms with Gasteiger partial charge in [-0.3, -0.25) is 4.79 Å². The quantitative estimate of drug-likeness (QED) is 0.530. The number of nitrogens with zero attached hydrogens (tertiary/aromatic N) is 1. The number of halogens is 3. The van der Waals surface area contributed by atoms with Crippen LogP contribution in [0.25, 0.3) is 0 Å². The number of hydrogen-bond donors (Lipinski definition) is 1. The molecule has 0 radical (unpaired) electrons. The van der Waals surface area contributed by atoms with E-state index < -0.39 is 15.9 Å². The van der Waals surface area contributed by atoms with Crippen LogP contribution in [0.3, 0.4) is 0 Å². The van der Waals surface area contributed by atoms with Crippen molar-refractivity contribution in [3.05, 3.63) is 57.0 Å². The first-order chi connectivity index (χ1) is 13.8. The summed E-state index contributed by atoms with van der Waals surface area (Å²) in [6.45, 7) is -0.301. The molecule has 0 atom stereocenters. The van der Waals surface area contributed by atoms with Crippen molar-refractivity contribution < 1.29 is 13.2 Å². The maximum Gasteiger partial charge on any atom is 0.243 e. The third-order valence-corrected chi connectivity index (χ3v) is 8.00. The fourth-order valence-electron chi connectivity index (χ4n) is 3.46. The highest BCUT2D eigenvalue weighted by atomic mass is 79.9. The Bertz CT molecular complexity index is 957. The zero-order valence-electron chi connectivity index (χ0n) is 15.6. The van der Waals surface area contributed by atoms with Crippen molar-refractivity contribution in [3.8, 4) is 0 Å². The molecule has 0 spiro atoms. The maximum atomic E-state index is 13.3. The lowest BCUT2D eigenvalue weighted by Crippen LogP contribution is -2.45. The van der Waals surface area contributed by atoms with Crippen LogP contribution in [0.1, 0.15) is 32.1 Å². The highest BCUT2D eigenvalue weighted by Crippen LogP contribution is 2.31. The minimum absolute atomic E-state index is 0.162. The van der Waals surface area contributed by atoms with Crippen LogP contribution in [-0.2, 0) is 14.8 Å². The number of anilines is 1. The molecule has 1 amide bonds. The number of hydrogen-bond acceptors (Lipinski definition) is 3. The fourth-order valence-corrected chi connectivity index (χ4v) is 5.86. The molecule has 1 fully saturated rings. The molecule has 1 aliphatic carbocycles. The SMILES string of the molecule is O=C(CN(C1CCCCC1)S(=O)(=O)c1ccc(Br)cc1)Nc1c(Cl)cccc1Cl. The molecule has 2 aromatic rings. The van der Waals surface area contributed by atoms with Crippen molar-refractivity contribution in [1.29, 1.82) is 0 Å². The molecule has 0 aliphatic heterocycles. The van der Waals surface area contributed by atoms with Crippen molar-refractivity contribution in [2.45, 2.75) is 43.0 Å². The first kappa shape index (κ1) is 22.6. The molecule has 29 heavy (non-hydrogen) atoms. The summed E-state index contributed by atoms with van der Waals surface area (Å²) in [4.78, 5) is 12.9. The third-order valence-electron chi connectivity index (χ3n) is 4.93. The zero-order chi connectivity index (χ0) is 21.0. The summed E-state index contributed by atoms with van der Waals surface area (Å²) < 4.78 is 28.8. The summed E-state index contributed by atoms with van der Waals surface area (Å²) in [6, 6.07) is 11.1. The van der Waals surface area contributed by atoms with E-state index in [9.17, 15) is 13.2 Å². The molecule has 156 valence electrons. The number of rotatable bonds is 6. The molecule has 1 saturated carbocycles. The van der Waals surface area contributed by atoms with Crippen molar-refractivity contribution in [2.24, 2.45) is 0 Å². The van der Waals surface area contributed by atoms with Gasteiger partial charge in [0, 0.05) is 10.5 Å². The van der Waals surface area contributed by atoms with Gasteiger partial charge in [0.15, 0.2) is 0 Å². The molecule has 5 nitrogen and oxygen atoms in total. The first-order valence-electron chi connectivity index (χ1n) is 9.30. The summed E-state index contributed by atoms with van der Waals surface area (Å²) in [5.74, 6) is -0.480. The van der Waals surface area contributed by atoms with Gasteiger partial charge in [-0.05, 0) is 49.2 Å². The van der Waals surface area contributed by atoms with E-state index in [4.69, 9.17) is 23.2 Å². The van der Waals surface area contributed by atoms with E-state index >= 15 is 0 Å². The predicted molar refractivity (Wildman–Crippen MR) is 120 cm³/mol. The summed E-state index contributed by atoms with van der Waals surface area (Å²) in [5, 5.41) is 3.26. The van der Waals surface area contributed by atoms with Gasteiger partial charge in [-0.15, -0.1) is 0 Å². The Kier molecular flexibility index (Phi) is 7.62. The Balaban J connectivity index is 1.87. The summed E-state index contributed by atoms with van der Waals surface area (Å²) >= 11 is 15.6. The fraction of sp³-hybridized carbons (Fsp3) is 0.350. The Morgan fingerprint density at radius 1 is 1.03 bits per heavy atom. The molecule has 0 saturated heterocycles. The predicted octanol–water partition coefficient (Wildman–Crippen LogP) is 5.72. The molecular formula is C20H21BrCl2N2O3S. The standard InChI is InChI=1S/C20H21BrCl2N2O3S/c21-14-9-11-16(12-10-14)29(27,28)25(15-5-2-1-3-6-15)13-19(26)24-20-17(22)7-4-8-18(20)23/h4,7-12,15H,1-3,5-6,13H2,(H,24,26). The monoisotopic (exact) mass is 518 g/mol. The summed E-state index contributed by atoms with van der Waals surface area (Å²) in [7, 11) is -3.84.